The lowest BCUT2D eigenvalue weighted by atomic mass is 10.1. The zero-order valence-corrected chi connectivity index (χ0v) is 15.9. The van der Waals surface area contributed by atoms with Gasteiger partial charge in [0.15, 0.2) is 0 Å². The van der Waals surface area contributed by atoms with Crippen molar-refractivity contribution in [2.75, 3.05) is 31.1 Å². The molecule has 2 aromatic rings. The van der Waals surface area contributed by atoms with Gasteiger partial charge in [0.1, 0.15) is 4.90 Å². The second-order valence-electron chi connectivity index (χ2n) is 6.16. The molecule has 0 saturated carbocycles. The predicted octanol–water partition coefficient (Wildman–Crippen LogP) is 3.06. The lowest BCUT2D eigenvalue weighted by Crippen LogP contribution is -2.48. The fourth-order valence-corrected chi connectivity index (χ4v) is 4.79. The van der Waals surface area contributed by atoms with Gasteiger partial charge >= 0.3 is 6.55 Å². The Balaban J connectivity index is 1.78. The summed E-state index contributed by atoms with van der Waals surface area (Å²) in [5.41, 5.74) is 2.09. The highest BCUT2D eigenvalue weighted by Gasteiger charge is 2.32. The summed E-state index contributed by atoms with van der Waals surface area (Å²) in [6.07, 6.45) is 0.892. The molecule has 0 radical (unpaired) electrons. The van der Waals surface area contributed by atoms with Crippen LogP contribution in [-0.4, -0.2) is 48.7 Å². The van der Waals surface area contributed by atoms with Crippen LogP contribution in [0.5, 0.6) is 0 Å². The van der Waals surface area contributed by atoms with E-state index in [9.17, 15) is 17.2 Å². The van der Waals surface area contributed by atoms with E-state index in [0.29, 0.717) is 22.8 Å². The van der Waals surface area contributed by atoms with Crippen molar-refractivity contribution < 1.29 is 17.2 Å². The summed E-state index contributed by atoms with van der Waals surface area (Å²) < 4.78 is 52.8. The number of hydrogen-bond acceptors (Lipinski definition) is 4. The molecular formula is C16H19ClF2N4O2S. The van der Waals surface area contributed by atoms with Crippen molar-refractivity contribution in [3.63, 3.8) is 0 Å². The lowest BCUT2D eigenvalue weighted by molar-refractivity contribution is 0.0561. The molecule has 1 fully saturated rings. The minimum Gasteiger partial charge on any atom is -0.369 e. The van der Waals surface area contributed by atoms with Crippen LogP contribution in [0, 0.1) is 13.8 Å². The van der Waals surface area contributed by atoms with Crippen LogP contribution in [-0.2, 0) is 10.0 Å². The van der Waals surface area contributed by atoms with E-state index in [1.807, 2.05) is 25.1 Å². The molecular weight excluding hydrogens is 386 g/mol. The Morgan fingerprint density at radius 3 is 2.38 bits per heavy atom. The van der Waals surface area contributed by atoms with Gasteiger partial charge in [0.25, 0.3) is 0 Å². The van der Waals surface area contributed by atoms with Gasteiger partial charge in [-0.15, -0.1) is 0 Å². The summed E-state index contributed by atoms with van der Waals surface area (Å²) in [5.74, 6) is 0. The fraction of sp³-hybridized carbons (Fsp3) is 0.438. The maximum atomic E-state index is 12.8. The highest BCUT2D eigenvalue weighted by atomic mass is 35.5. The van der Waals surface area contributed by atoms with Crippen molar-refractivity contribution in [2.45, 2.75) is 25.3 Å². The van der Waals surface area contributed by atoms with Crippen LogP contribution >= 0.6 is 11.6 Å². The standard InChI is InChI=1S/C16H19ClF2N4O2S/c1-11-3-4-13(17)9-14(11)21-5-7-22(8-6-21)26(24,25)15-10-23(16(18)19)20-12(15)2/h3-4,9-10,16H,5-8H2,1-2H3. The topological polar surface area (TPSA) is 58.4 Å². The van der Waals surface area contributed by atoms with Crippen molar-refractivity contribution in [1.82, 2.24) is 14.1 Å². The zero-order chi connectivity index (χ0) is 19.1. The third-order valence-electron chi connectivity index (χ3n) is 4.44. The smallest absolute Gasteiger partial charge is 0.333 e. The molecule has 1 saturated heterocycles. The number of nitrogens with zero attached hydrogens (tertiary/aromatic N) is 4. The van der Waals surface area contributed by atoms with Crippen LogP contribution in [0.2, 0.25) is 5.02 Å². The van der Waals surface area contributed by atoms with Gasteiger partial charge in [0, 0.05) is 36.9 Å². The van der Waals surface area contributed by atoms with Gasteiger partial charge in [0.05, 0.1) is 11.9 Å². The second-order valence-corrected chi connectivity index (χ2v) is 8.50. The molecule has 3 rings (SSSR count). The van der Waals surface area contributed by atoms with Gasteiger partial charge in [-0.2, -0.15) is 18.2 Å². The maximum absolute atomic E-state index is 12.8. The Kier molecular flexibility index (Phi) is 5.23. The number of halogens is 3. The molecule has 1 aromatic carbocycles. The highest BCUT2D eigenvalue weighted by Crippen LogP contribution is 2.27. The third kappa shape index (κ3) is 3.56. The van der Waals surface area contributed by atoms with Gasteiger partial charge in [-0.25, -0.2) is 13.1 Å². The van der Waals surface area contributed by atoms with E-state index in [2.05, 4.69) is 10.00 Å². The predicted molar refractivity (Wildman–Crippen MR) is 95.4 cm³/mol. The SMILES string of the molecule is Cc1ccc(Cl)cc1N1CCN(S(=O)(=O)c2cn(C(F)F)nc2C)CC1. The minimum atomic E-state index is -3.87. The largest absolute Gasteiger partial charge is 0.369 e. The van der Waals surface area contributed by atoms with Gasteiger partial charge in [-0.05, 0) is 31.5 Å². The first-order valence-electron chi connectivity index (χ1n) is 8.05. The van der Waals surface area contributed by atoms with E-state index in [0.717, 1.165) is 17.4 Å². The van der Waals surface area contributed by atoms with E-state index >= 15 is 0 Å². The van der Waals surface area contributed by atoms with Crippen molar-refractivity contribution >= 4 is 27.3 Å². The van der Waals surface area contributed by atoms with Crippen molar-refractivity contribution in [1.29, 1.82) is 0 Å². The maximum Gasteiger partial charge on any atom is 0.333 e. The number of benzene rings is 1. The van der Waals surface area contributed by atoms with Crippen molar-refractivity contribution in [2.24, 2.45) is 0 Å². The molecule has 1 aromatic heterocycles. The molecule has 0 unspecified atom stereocenters. The number of aromatic nitrogens is 2. The Morgan fingerprint density at radius 2 is 1.81 bits per heavy atom. The van der Waals surface area contributed by atoms with Gasteiger partial charge in [0.2, 0.25) is 10.0 Å². The molecule has 142 valence electrons. The molecule has 1 aliphatic rings. The second kappa shape index (κ2) is 7.13. The molecule has 0 atom stereocenters. The quantitative estimate of drug-likeness (QED) is 0.785. The molecule has 0 amide bonds. The molecule has 6 nitrogen and oxygen atoms in total. The molecule has 0 N–H and O–H groups in total. The van der Waals surface area contributed by atoms with Crippen molar-refractivity contribution in [3.8, 4) is 0 Å². The number of piperazine rings is 1. The highest BCUT2D eigenvalue weighted by molar-refractivity contribution is 7.89. The van der Waals surface area contributed by atoms with E-state index < -0.39 is 16.6 Å². The van der Waals surface area contributed by atoms with Gasteiger partial charge < -0.3 is 4.90 Å². The van der Waals surface area contributed by atoms with E-state index in [1.54, 1.807) is 0 Å². The number of alkyl halides is 2. The molecule has 0 aliphatic carbocycles. The Hall–Kier alpha value is -1.71. The monoisotopic (exact) mass is 404 g/mol. The van der Waals surface area contributed by atoms with Crippen LogP contribution in [0.25, 0.3) is 0 Å². The molecule has 0 bridgehead atoms. The Morgan fingerprint density at radius 1 is 1.15 bits per heavy atom. The van der Waals surface area contributed by atoms with E-state index in [4.69, 9.17) is 11.6 Å². The molecule has 2 heterocycles. The third-order valence-corrected chi connectivity index (χ3v) is 6.68. The first-order chi connectivity index (χ1) is 12.2. The van der Waals surface area contributed by atoms with Crippen LogP contribution < -0.4 is 4.90 Å². The average molecular weight is 405 g/mol. The van der Waals surface area contributed by atoms with Crippen molar-refractivity contribution in [3.05, 3.63) is 40.7 Å². The summed E-state index contributed by atoms with van der Waals surface area (Å²) >= 11 is 6.06. The molecule has 1 aliphatic heterocycles. The number of hydrogen-bond donors (Lipinski definition) is 0. The van der Waals surface area contributed by atoms with Gasteiger partial charge in [-0.1, -0.05) is 17.7 Å². The minimum absolute atomic E-state index is 0.0680. The summed E-state index contributed by atoms with van der Waals surface area (Å²) in [6, 6.07) is 5.59. The molecule has 0 spiro atoms. The summed E-state index contributed by atoms with van der Waals surface area (Å²) in [5, 5.41) is 4.21. The summed E-state index contributed by atoms with van der Waals surface area (Å²) in [4.78, 5) is 1.90. The first kappa shape index (κ1) is 19.1. The number of rotatable bonds is 4. The number of aryl methyl sites for hydroxylation is 2. The molecule has 10 heteroatoms. The van der Waals surface area contributed by atoms with E-state index in [-0.39, 0.29) is 23.7 Å². The van der Waals surface area contributed by atoms with E-state index in [1.165, 1.54) is 11.2 Å². The van der Waals surface area contributed by atoms with Crippen LogP contribution in [0.15, 0.2) is 29.3 Å². The fourth-order valence-electron chi connectivity index (χ4n) is 3.05. The summed E-state index contributed by atoms with van der Waals surface area (Å²) in [6.45, 7) is 2.00. The molecule has 26 heavy (non-hydrogen) atoms. The average Bonchev–Trinajstić information content (AvgIpc) is 3.00. The van der Waals surface area contributed by atoms with Crippen LogP contribution in [0.1, 0.15) is 17.8 Å². The van der Waals surface area contributed by atoms with Crippen LogP contribution in [0.3, 0.4) is 0 Å². The number of anilines is 1. The van der Waals surface area contributed by atoms with Gasteiger partial charge in [-0.3, -0.25) is 0 Å². The Bertz CT molecular complexity index is 909. The summed E-state index contributed by atoms with van der Waals surface area (Å²) in [7, 11) is -3.87. The zero-order valence-electron chi connectivity index (χ0n) is 14.4. The first-order valence-corrected chi connectivity index (χ1v) is 9.87. The Labute approximate surface area is 156 Å². The normalized spacial score (nSPS) is 16.5. The lowest BCUT2D eigenvalue weighted by Gasteiger charge is -2.36. The van der Waals surface area contributed by atoms with Crippen LogP contribution in [0.4, 0.5) is 14.5 Å². The number of sulfonamides is 1.